The first-order chi connectivity index (χ1) is 18.0. The normalized spacial score (nSPS) is 12.9. The first kappa shape index (κ1) is 25.9. The average Bonchev–Trinajstić information content (AvgIpc) is 3.63. The number of carbonyl (C=O) groups excluding carboxylic acids is 2. The first-order valence-corrected chi connectivity index (χ1v) is 15.5. The number of fused-ring (bicyclic) bond motifs is 3. The second-order valence-corrected chi connectivity index (χ2v) is 12.2. The molecule has 1 aliphatic carbocycles. The van der Waals surface area contributed by atoms with Crippen molar-refractivity contribution >= 4 is 72.9 Å². The van der Waals surface area contributed by atoms with Crippen molar-refractivity contribution in [2.75, 3.05) is 17.7 Å². The van der Waals surface area contributed by atoms with E-state index in [1.165, 1.54) is 39.3 Å². The minimum atomic E-state index is -0.469. The second kappa shape index (κ2) is 11.3. The van der Waals surface area contributed by atoms with Gasteiger partial charge in [0, 0.05) is 27.2 Å². The lowest BCUT2D eigenvalue weighted by Crippen LogP contribution is -2.24. The van der Waals surface area contributed by atoms with Crippen LogP contribution in [-0.4, -0.2) is 33.8 Å². The highest BCUT2D eigenvalue weighted by Gasteiger charge is 2.25. The Hall–Kier alpha value is -2.73. The zero-order valence-corrected chi connectivity index (χ0v) is 23.5. The van der Waals surface area contributed by atoms with Gasteiger partial charge in [0.2, 0.25) is 5.91 Å². The van der Waals surface area contributed by atoms with Crippen LogP contribution in [0.3, 0.4) is 0 Å². The van der Waals surface area contributed by atoms with E-state index < -0.39 is 5.97 Å². The molecule has 4 aromatic heterocycles. The van der Waals surface area contributed by atoms with Crippen molar-refractivity contribution in [2.45, 2.75) is 44.3 Å². The molecule has 0 fully saturated rings. The van der Waals surface area contributed by atoms with E-state index in [1.54, 1.807) is 28.9 Å². The van der Waals surface area contributed by atoms with E-state index in [2.05, 4.69) is 11.9 Å². The quantitative estimate of drug-likeness (QED) is 0.111. The summed E-state index contributed by atoms with van der Waals surface area (Å²) in [6.07, 6.45) is 5.78. The van der Waals surface area contributed by atoms with Crippen molar-refractivity contribution in [3.8, 4) is 10.4 Å². The van der Waals surface area contributed by atoms with E-state index in [1.807, 2.05) is 22.9 Å². The van der Waals surface area contributed by atoms with Gasteiger partial charge in [0.15, 0.2) is 5.16 Å². The number of nitrogens with zero attached hydrogens (tertiary/aromatic N) is 2. The molecule has 192 valence electrons. The second-order valence-electron chi connectivity index (χ2n) is 8.38. The van der Waals surface area contributed by atoms with Crippen LogP contribution in [0.4, 0.5) is 5.00 Å². The third-order valence-corrected chi connectivity index (χ3v) is 9.95. The highest BCUT2D eigenvalue weighted by Crippen LogP contribution is 2.39. The number of amides is 1. The number of aromatic nitrogens is 2. The van der Waals surface area contributed by atoms with Crippen LogP contribution in [0.15, 0.2) is 45.5 Å². The SMILES string of the molecule is C=CCn1c(SCC(=O)Nc2scc(-c3cccs3)c2C(=O)OCC)nc2sc3c(c2c1=O)CCCC3. The first-order valence-electron chi connectivity index (χ1n) is 11.9. The summed E-state index contributed by atoms with van der Waals surface area (Å²) < 4.78 is 6.86. The van der Waals surface area contributed by atoms with Crippen molar-refractivity contribution in [1.82, 2.24) is 9.55 Å². The van der Waals surface area contributed by atoms with Gasteiger partial charge < -0.3 is 10.1 Å². The van der Waals surface area contributed by atoms with Gasteiger partial charge in [-0.3, -0.25) is 14.2 Å². The number of ether oxygens (including phenoxy) is 1. The predicted octanol–water partition coefficient (Wildman–Crippen LogP) is 6.22. The van der Waals surface area contributed by atoms with E-state index in [4.69, 9.17) is 9.72 Å². The number of thiophene rings is 3. The molecule has 0 spiro atoms. The zero-order valence-electron chi connectivity index (χ0n) is 20.2. The van der Waals surface area contributed by atoms with Crippen LogP contribution in [0.5, 0.6) is 0 Å². The van der Waals surface area contributed by atoms with Crippen LogP contribution in [0.2, 0.25) is 0 Å². The van der Waals surface area contributed by atoms with Crippen LogP contribution in [0, 0.1) is 0 Å². The van der Waals surface area contributed by atoms with Gasteiger partial charge in [-0.25, -0.2) is 9.78 Å². The lowest BCUT2D eigenvalue weighted by atomic mass is 9.97. The van der Waals surface area contributed by atoms with Gasteiger partial charge in [-0.2, -0.15) is 0 Å². The number of anilines is 1. The number of rotatable bonds is 9. The lowest BCUT2D eigenvalue weighted by Gasteiger charge is -2.12. The van der Waals surface area contributed by atoms with E-state index in [9.17, 15) is 14.4 Å². The Labute approximate surface area is 230 Å². The van der Waals surface area contributed by atoms with Gasteiger partial charge in [0.05, 0.1) is 17.7 Å². The minimum Gasteiger partial charge on any atom is -0.462 e. The molecule has 4 heterocycles. The molecule has 0 atom stereocenters. The molecule has 7 nitrogen and oxygen atoms in total. The Bertz CT molecular complexity index is 1530. The molecule has 0 radical (unpaired) electrons. The number of allylic oxidation sites excluding steroid dienone is 1. The summed E-state index contributed by atoms with van der Waals surface area (Å²) in [6, 6.07) is 3.85. The predicted molar refractivity (Wildman–Crippen MR) is 154 cm³/mol. The fourth-order valence-electron chi connectivity index (χ4n) is 4.38. The van der Waals surface area contributed by atoms with Gasteiger partial charge in [-0.1, -0.05) is 23.9 Å². The van der Waals surface area contributed by atoms with Crippen LogP contribution < -0.4 is 10.9 Å². The Kier molecular flexibility index (Phi) is 7.94. The summed E-state index contributed by atoms with van der Waals surface area (Å²) in [7, 11) is 0. The standard InChI is InChI=1S/C26H25N3O4S4/c1-3-11-29-24(31)20-15-8-5-6-9-18(15)37-23(20)28-26(29)36-14-19(30)27-22-21(25(32)33-4-2)16(13-35-22)17-10-7-12-34-17/h3,7,10,12-13H,1,4-6,8-9,11,14H2,2H3,(H,27,30). The zero-order chi connectivity index (χ0) is 25.9. The van der Waals surface area contributed by atoms with Crippen molar-refractivity contribution in [3.63, 3.8) is 0 Å². The molecule has 1 aliphatic rings. The van der Waals surface area contributed by atoms with Crippen molar-refractivity contribution < 1.29 is 14.3 Å². The number of esters is 1. The number of thioether (sulfide) groups is 1. The largest absolute Gasteiger partial charge is 0.462 e. The molecule has 37 heavy (non-hydrogen) atoms. The van der Waals surface area contributed by atoms with Crippen molar-refractivity contribution in [1.29, 1.82) is 0 Å². The molecule has 1 N–H and O–H groups in total. The molecule has 0 saturated heterocycles. The van der Waals surface area contributed by atoms with Crippen LogP contribution >= 0.6 is 45.8 Å². The van der Waals surface area contributed by atoms with E-state index in [0.29, 0.717) is 27.7 Å². The maximum absolute atomic E-state index is 13.4. The van der Waals surface area contributed by atoms with E-state index >= 15 is 0 Å². The Balaban J connectivity index is 1.39. The minimum absolute atomic E-state index is 0.0364. The Morgan fingerprint density at radius 3 is 2.89 bits per heavy atom. The highest BCUT2D eigenvalue weighted by atomic mass is 32.2. The molecule has 0 unspecified atom stereocenters. The number of hydrogen-bond acceptors (Lipinski definition) is 9. The molecule has 0 aromatic carbocycles. The molecule has 4 aromatic rings. The summed E-state index contributed by atoms with van der Waals surface area (Å²) in [5.74, 6) is -0.724. The molecule has 0 saturated carbocycles. The number of nitrogens with one attached hydrogen (secondary N) is 1. The smallest absolute Gasteiger partial charge is 0.341 e. The third-order valence-electron chi connectivity index (χ3n) is 5.99. The molecule has 1 amide bonds. The summed E-state index contributed by atoms with van der Waals surface area (Å²) in [4.78, 5) is 46.9. The topological polar surface area (TPSA) is 90.3 Å². The molecule has 0 aliphatic heterocycles. The number of carbonyl (C=O) groups is 2. The summed E-state index contributed by atoms with van der Waals surface area (Å²) in [5, 5.41) is 8.33. The van der Waals surface area contributed by atoms with Gasteiger partial charge >= 0.3 is 5.97 Å². The Morgan fingerprint density at radius 1 is 1.30 bits per heavy atom. The molecular weight excluding hydrogens is 547 g/mol. The van der Waals surface area contributed by atoms with E-state index in [-0.39, 0.29) is 23.8 Å². The van der Waals surface area contributed by atoms with Gasteiger partial charge in [-0.15, -0.1) is 40.6 Å². The number of hydrogen-bond donors (Lipinski definition) is 1. The monoisotopic (exact) mass is 571 g/mol. The van der Waals surface area contributed by atoms with Crippen molar-refractivity contribution in [3.05, 3.63) is 61.9 Å². The average molecular weight is 572 g/mol. The molecule has 0 bridgehead atoms. The number of aryl methyl sites for hydroxylation is 2. The summed E-state index contributed by atoms with van der Waals surface area (Å²) in [5.41, 5.74) is 2.17. The maximum atomic E-state index is 13.4. The van der Waals surface area contributed by atoms with Gasteiger partial charge in [0.1, 0.15) is 15.4 Å². The molecule has 5 rings (SSSR count). The third kappa shape index (κ3) is 5.18. The van der Waals surface area contributed by atoms with Gasteiger partial charge in [-0.05, 0) is 49.6 Å². The molecule has 11 heteroatoms. The lowest BCUT2D eigenvalue weighted by molar-refractivity contribution is -0.113. The highest BCUT2D eigenvalue weighted by molar-refractivity contribution is 7.99. The summed E-state index contributed by atoms with van der Waals surface area (Å²) in [6.45, 7) is 6.10. The van der Waals surface area contributed by atoms with Gasteiger partial charge in [0.25, 0.3) is 5.56 Å². The van der Waals surface area contributed by atoms with E-state index in [0.717, 1.165) is 46.5 Å². The molecular formula is C26H25N3O4S4. The van der Waals surface area contributed by atoms with Crippen LogP contribution in [0.25, 0.3) is 20.7 Å². The van der Waals surface area contributed by atoms with Crippen LogP contribution in [-0.2, 0) is 28.9 Å². The Morgan fingerprint density at radius 2 is 2.14 bits per heavy atom. The summed E-state index contributed by atoms with van der Waals surface area (Å²) >= 11 is 5.61. The fourth-order valence-corrected chi connectivity index (χ4v) is 8.28. The fraction of sp³-hybridized carbons (Fsp3) is 0.308. The van der Waals surface area contributed by atoms with Crippen LogP contribution in [0.1, 0.15) is 40.6 Å². The van der Waals surface area contributed by atoms with Crippen molar-refractivity contribution in [2.24, 2.45) is 0 Å². The maximum Gasteiger partial charge on any atom is 0.341 e.